The summed E-state index contributed by atoms with van der Waals surface area (Å²) in [6.45, 7) is 0.0482. The summed E-state index contributed by atoms with van der Waals surface area (Å²) in [6, 6.07) is 1.63. The van der Waals surface area contributed by atoms with E-state index < -0.39 is 11.0 Å². The highest BCUT2D eigenvalue weighted by atomic mass is 16.6. The monoisotopic (exact) mass is 227 g/mol. The fourth-order valence-electron chi connectivity index (χ4n) is 1.32. The minimum atomic E-state index is -0.697. The summed E-state index contributed by atoms with van der Waals surface area (Å²) >= 11 is 0. The molecule has 0 aromatic heterocycles. The molecule has 1 aromatic rings. The van der Waals surface area contributed by atoms with Crippen LogP contribution in [-0.4, -0.2) is 23.7 Å². The van der Waals surface area contributed by atoms with Gasteiger partial charge in [-0.1, -0.05) is 0 Å². The zero-order valence-corrected chi connectivity index (χ0v) is 8.71. The molecule has 0 saturated carbocycles. The van der Waals surface area contributed by atoms with Gasteiger partial charge < -0.3 is 21.3 Å². The fraction of sp³-hybridized carbons (Fsp3) is 0.333. The van der Waals surface area contributed by atoms with E-state index in [1.807, 2.05) is 0 Å². The number of hydrogen-bond acceptors (Lipinski definition) is 6. The molecule has 88 valence electrons. The Morgan fingerprint density at radius 1 is 1.62 bits per heavy atom. The van der Waals surface area contributed by atoms with Crippen LogP contribution >= 0.6 is 0 Å². The SMILES string of the molecule is COc1cc([N+](=O)[O-])c([C@H](N)CN)cc1O. The van der Waals surface area contributed by atoms with Crippen molar-refractivity contribution < 1.29 is 14.8 Å². The largest absolute Gasteiger partial charge is 0.504 e. The maximum absolute atomic E-state index is 10.8. The lowest BCUT2D eigenvalue weighted by Crippen LogP contribution is -2.21. The summed E-state index contributed by atoms with van der Waals surface area (Å²) in [5.41, 5.74) is 10.9. The first-order chi connectivity index (χ1) is 7.51. The van der Waals surface area contributed by atoms with E-state index in [1.54, 1.807) is 0 Å². The number of nitrogens with two attached hydrogens (primary N) is 2. The van der Waals surface area contributed by atoms with E-state index in [0.29, 0.717) is 0 Å². The van der Waals surface area contributed by atoms with Crippen LogP contribution in [0.1, 0.15) is 11.6 Å². The minimum Gasteiger partial charge on any atom is -0.504 e. The zero-order chi connectivity index (χ0) is 12.3. The van der Waals surface area contributed by atoms with Crippen LogP contribution in [0.25, 0.3) is 0 Å². The van der Waals surface area contributed by atoms with E-state index in [0.717, 1.165) is 6.07 Å². The molecule has 16 heavy (non-hydrogen) atoms. The van der Waals surface area contributed by atoms with Crippen molar-refractivity contribution in [1.29, 1.82) is 0 Å². The van der Waals surface area contributed by atoms with Crippen molar-refractivity contribution >= 4 is 5.69 Å². The number of nitrogens with zero attached hydrogens (tertiary/aromatic N) is 1. The Labute approximate surface area is 91.8 Å². The van der Waals surface area contributed by atoms with Gasteiger partial charge >= 0.3 is 0 Å². The van der Waals surface area contributed by atoms with Crippen LogP contribution in [0.3, 0.4) is 0 Å². The van der Waals surface area contributed by atoms with Crippen LogP contribution in [-0.2, 0) is 0 Å². The van der Waals surface area contributed by atoms with Crippen molar-refractivity contribution in [2.75, 3.05) is 13.7 Å². The summed E-state index contributed by atoms with van der Waals surface area (Å²) in [7, 11) is 1.31. The molecule has 0 fully saturated rings. The predicted octanol–water partition coefficient (Wildman–Crippen LogP) is 0.268. The number of rotatable bonds is 4. The number of benzene rings is 1. The molecule has 1 rings (SSSR count). The van der Waals surface area contributed by atoms with Gasteiger partial charge in [-0.2, -0.15) is 0 Å². The van der Waals surface area contributed by atoms with Crippen LogP contribution < -0.4 is 16.2 Å². The van der Waals surface area contributed by atoms with E-state index >= 15 is 0 Å². The molecular formula is C9H13N3O4. The quantitative estimate of drug-likeness (QED) is 0.500. The molecule has 0 saturated heterocycles. The van der Waals surface area contributed by atoms with Gasteiger partial charge in [0.15, 0.2) is 11.5 Å². The third-order valence-corrected chi connectivity index (χ3v) is 2.18. The zero-order valence-electron chi connectivity index (χ0n) is 8.71. The summed E-state index contributed by atoms with van der Waals surface area (Å²) in [6.07, 6.45) is 0. The summed E-state index contributed by atoms with van der Waals surface area (Å²) < 4.78 is 4.78. The highest BCUT2D eigenvalue weighted by molar-refractivity contribution is 5.54. The number of methoxy groups -OCH3 is 1. The molecule has 7 heteroatoms. The van der Waals surface area contributed by atoms with Gasteiger partial charge in [-0.3, -0.25) is 10.1 Å². The number of ether oxygens (including phenoxy) is 1. The van der Waals surface area contributed by atoms with Crippen molar-refractivity contribution in [2.24, 2.45) is 11.5 Å². The molecule has 0 spiro atoms. The molecule has 5 N–H and O–H groups in total. The number of aromatic hydroxyl groups is 1. The van der Waals surface area contributed by atoms with Crippen molar-refractivity contribution in [3.63, 3.8) is 0 Å². The smallest absolute Gasteiger partial charge is 0.278 e. The minimum absolute atomic E-state index is 0.0275. The molecule has 0 aliphatic carbocycles. The predicted molar refractivity (Wildman–Crippen MR) is 57.3 cm³/mol. The van der Waals surface area contributed by atoms with Gasteiger partial charge in [-0.05, 0) is 6.07 Å². The Morgan fingerprint density at radius 3 is 2.69 bits per heavy atom. The second kappa shape index (κ2) is 4.77. The highest BCUT2D eigenvalue weighted by Gasteiger charge is 2.22. The molecule has 1 atom stereocenters. The normalized spacial score (nSPS) is 12.2. The molecule has 0 bridgehead atoms. The average molecular weight is 227 g/mol. The Hall–Kier alpha value is -1.86. The lowest BCUT2D eigenvalue weighted by Gasteiger charge is -2.11. The second-order valence-corrected chi connectivity index (χ2v) is 3.18. The Balaban J connectivity index is 3.36. The van der Waals surface area contributed by atoms with E-state index in [9.17, 15) is 15.2 Å². The third kappa shape index (κ3) is 2.20. The molecule has 0 aliphatic rings. The van der Waals surface area contributed by atoms with Gasteiger partial charge in [0.05, 0.1) is 23.7 Å². The topological polar surface area (TPSA) is 125 Å². The lowest BCUT2D eigenvalue weighted by atomic mass is 10.0. The molecule has 7 nitrogen and oxygen atoms in total. The summed E-state index contributed by atoms with van der Waals surface area (Å²) in [5, 5.41) is 20.3. The van der Waals surface area contributed by atoms with Crippen molar-refractivity contribution in [3.05, 3.63) is 27.8 Å². The molecule has 0 heterocycles. The summed E-state index contributed by atoms with van der Waals surface area (Å²) in [5.74, 6) is -0.174. The van der Waals surface area contributed by atoms with E-state index in [2.05, 4.69) is 0 Å². The van der Waals surface area contributed by atoms with Crippen LogP contribution in [0.4, 0.5) is 5.69 Å². The summed E-state index contributed by atoms with van der Waals surface area (Å²) in [4.78, 5) is 10.2. The number of nitro benzene ring substituents is 1. The standard InChI is InChI=1S/C9H13N3O4/c1-16-9-3-7(12(14)15)5(2-8(9)13)6(11)4-10/h2-3,6,13H,4,10-11H2,1H3/t6-/m1/s1. The fourth-order valence-corrected chi connectivity index (χ4v) is 1.32. The van der Waals surface area contributed by atoms with Crippen LogP contribution in [0.5, 0.6) is 11.5 Å². The number of hydrogen-bond donors (Lipinski definition) is 3. The van der Waals surface area contributed by atoms with Gasteiger partial charge in [0.1, 0.15) is 0 Å². The Kier molecular flexibility index (Phi) is 3.64. The lowest BCUT2D eigenvalue weighted by molar-refractivity contribution is -0.385. The van der Waals surface area contributed by atoms with E-state index in [-0.39, 0.29) is 29.3 Å². The van der Waals surface area contributed by atoms with Gasteiger partial charge in [0, 0.05) is 12.6 Å². The van der Waals surface area contributed by atoms with E-state index in [4.69, 9.17) is 16.2 Å². The van der Waals surface area contributed by atoms with Gasteiger partial charge in [-0.25, -0.2) is 0 Å². The molecule has 1 aromatic carbocycles. The molecule has 0 aliphatic heterocycles. The highest BCUT2D eigenvalue weighted by Crippen LogP contribution is 2.35. The third-order valence-electron chi connectivity index (χ3n) is 2.18. The van der Waals surface area contributed by atoms with Crippen molar-refractivity contribution in [3.8, 4) is 11.5 Å². The van der Waals surface area contributed by atoms with Gasteiger partial charge in [-0.15, -0.1) is 0 Å². The first-order valence-corrected chi connectivity index (χ1v) is 4.52. The molecule has 0 amide bonds. The first kappa shape index (κ1) is 12.2. The number of phenolic OH excluding ortho intramolecular Hbond substituents is 1. The Bertz CT molecular complexity index is 408. The van der Waals surface area contributed by atoms with Crippen LogP contribution in [0, 0.1) is 10.1 Å². The maximum Gasteiger partial charge on any atom is 0.278 e. The Morgan fingerprint density at radius 2 is 2.25 bits per heavy atom. The van der Waals surface area contributed by atoms with Gasteiger partial charge in [0.2, 0.25) is 0 Å². The number of nitro groups is 1. The van der Waals surface area contributed by atoms with Crippen molar-refractivity contribution in [2.45, 2.75) is 6.04 Å². The van der Waals surface area contributed by atoms with Crippen molar-refractivity contribution in [1.82, 2.24) is 0 Å². The van der Waals surface area contributed by atoms with Crippen LogP contribution in [0.15, 0.2) is 12.1 Å². The average Bonchev–Trinajstić information content (AvgIpc) is 2.27. The maximum atomic E-state index is 10.8. The molecular weight excluding hydrogens is 214 g/mol. The van der Waals surface area contributed by atoms with Gasteiger partial charge in [0.25, 0.3) is 5.69 Å². The van der Waals surface area contributed by atoms with Crippen LogP contribution in [0.2, 0.25) is 0 Å². The molecule has 0 radical (unpaired) electrons. The first-order valence-electron chi connectivity index (χ1n) is 4.52. The van der Waals surface area contributed by atoms with E-state index in [1.165, 1.54) is 13.2 Å². The molecule has 0 unspecified atom stereocenters. The number of phenols is 1. The second-order valence-electron chi connectivity index (χ2n) is 3.18.